The van der Waals surface area contributed by atoms with Gasteiger partial charge in [0, 0.05) is 25.6 Å². The van der Waals surface area contributed by atoms with Crippen LogP contribution in [0, 0.1) is 0 Å². The van der Waals surface area contributed by atoms with Crippen molar-refractivity contribution < 1.29 is 14.3 Å². The summed E-state index contributed by atoms with van der Waals surface area (Å²) in [6.07, 6.45) is 0. The van der Waals surface area contributed by atoms with Gasteiger partial charge in [-0.2, -0.15) is 0 Å². The SMILES string of the molecule is COCCN(CC(=O)Nc1ccc(Cl)cc1Cl)C(C)=O. The number of amides is 2. The molecule has 0 atom stereocenters. The van der Waals surface area contributed by atoms with E-state index in [1.807, 2.05) is 0 Å². The van der Waals surface area contributed by atoms with Crippen LogP contribution >= 0.6 is 23.2 Å². The Hall–Kier alpha value is -1.30. The van der Waals surface area contributed by atoms with E-state index in [2.05, 4.69) is 5.32 Å². The van der Waals surface area contributed by atoms with E-state index in [4.69, 9.17) is 27.9 Å². The minimum Gasteiger partial charge on any atom is -0.383 e. The summed E-state index contributed by atoms with van der Waals surface area (Å²) in [6.45, 7) is 2.07. The quantitative estimate of drug-likeness (QED) is 0.876. The zero-order valence-corrected chi connectivity index (χ0v) is 12.8. The molecule has 0 saturated carbocycles. The van der Waals surface area contributed by atoms with Gasteiger partial charge >= 0.3 is 0 Å². The van der Waals surface area contributed by atoms with Gasteiger partial charge in [-0.3, -0.25) is 9.59 Å². The fraction of sp³-hybridized carbons (Fsp3) is 0.385. The molecule has 0 bridgehead atoms. The van der Waals surface area contributed by atoms with Crippen molar-refractivity contribution in [2.75, 3.05) is 32.1 Å². The number of ether oxygens (including phenoxy) is 1. The molecule has 0 unspecified atom stereocenters. The Balaban J connectivity index is 2.63. The lowest BCUT2D eigenvalue weighted by Crippen LogP contribution is -2.38. The molecular weight excluding hydrogens is 303 g/mol. The summed E-state index contributed by atoms with van der Waals surface area (Å²) < 4.78 is 4.89. The molecule has 110 valence electrons. The van der Waals surface area contributed by atoms with Gasteiger partial charge < -0.3 is 15.0 Å². The van der Waals surface area contributed by atoms with E-state index in [1.54, 1.807) is 12.1 Å². The van der Waals surface area contributed by atoms with E-state index < -0.39 is 0 Å². The number of benzene rings is 1. The number of rotatable bonds is 6. The molecule has 2 amide bonds. The molecule has 0 aliphatic rings. The Bertz CT molecular complexity index is 495. The first-order valence-electron chi connectivity index (χ1n) is 5.93. The van der Waals surface area contributed by atoms with Crippen LogP contribution in [0.5, 0.6) is 0 Å². The molecule has 7 heteroatoms. The molecule has 0 aromatic heterocycles. The number of anilines is 1. The lowest BCUT2D eigenvalue weighted by molar-refractivity contribution is -0.133. The number of halogens is 2. The number of nitrogens with zero attached hydrogens (tertiary/aromatic N) is 1. The highest BCUT2D eigenvalue weighted by Gasteiger charge is 2.14. The van der Waals surface area contributed by atoms with E-state index in [0.29, 0.717) is 28.9 Å². The molecule has 0 heterocycles. The number of methoxy groups -OCH3 is 1. The Morgan fingerprint density at radius 1 is 1.35 bits per heavy atom. The lowest BCUT2D eigenvalue weighted by atomic mass is 10.3. The molecule has 1 rings (SSSR count). The number of hydrogen-bond acceptors (Lipinski definition) is 3. The molecule has 0 spiro atoms. The molecule has 0 radical (unpaired) electrons. The van der Waals surface area contributed by atoms with Crippen molar-refractivity contribution in [2.45, 2.75) is 6.92 Å². The third-order valence-electron chi connectivity index (χ3n) is 2.55. The van der Waals surface area contributed by atoms with E-state index in [0.717, 1.165) is 0 Å². The second-order valence-electron chi connectivity index (χ2n) is 4.11. The molecular formula is C13H16Cl2N2O3. The third kappa shape index (κ3) is 5.36. The van der Waals surface area contributed by atoms with Crippen LogP contribution in [0.4, 0.5) is 5.69 Å². The minimum absolute atomic E-state index is 0.0579. The van der Waals surface area contributed by atoms with Crippen LogP contribution in [0.25, 0.3) is 0 Å². The fourth-order valence-electron chi connectivity index (χ4n) is 1.50. The maximum atomic E-state index is 11.9. The van der Waals surface area contributed by atoms with Gasteiger partial charge in [-0.05, 0) is 18.2 Å². The summed E-state index contributed by atoms with van der Waals surface area (Å²) in [5, 5.41) is 3.46. The van der Waals surface area contributed by atoms with Gasteiger partial charge in [0.1, 0.15) is 0 Å². The van der Waals surface area contributed by atoms with Gasteiger partial charge in [0.05, 0.1) is 23.9 Å². The topological polar surface area (TPSA) is 58.6 Å². The van der Waals surface area contributed by atoms with Crippen LogP contribution in [-0.4, -0.2) is 43.5 Å². The summed E-state index contributed by atoms with van der Waals surface area (Å²) in [4.78, 5) is 24.7. The molecule has 0 aliphatic carbocycles. The molecule has 1 aromatic carbocycles. The van der Waals surface area contributed by atoms with Crippen LogP contribution < -0.4 is 5.32 Å². The van der Waals surface area contributed by atoms with Gasteiger partial charge in [0.25, 0.3) is 0 Å². The summed E-state index contributed by atoms with van der Waals surface area (Å²) in [5.41, 5.74) is 0.455. The first kappa shape index (κ1) is 16.8. The summed E-state index contributed by atoms with van der Waals surface area (Å²) in [7, 11) is 1.53. The number of carbonyl (C=O) groups excluding carboxylic acids is 2. The molecule has 1 N–H and O–H groups in total. The van der Waals surface area contributed by atoms with Crippen molar-refractivity contribution in [3.63, 3.8) is 0 Å². The second-order valence-corrected chi connectivity index (χ2v) is 4.95. The first-order chi connectivity index (χ1) is 9.43. The second kappa shape index (κ2) is 8.09. The number of nitrogens with one attached hydrogen (secondary N) is 1. The van der Waals surface area contributed by atoms with Crippen LogP contribution in [0.15, 0.2) is 18.2 Å². The molecule has 0 saturated heterocycles. The van der Waals surface area contributed by atoms with Crippen molar-refractivity contribution in [1.29, 1.82) is 0 Å². The lowest BCUT2D eigenvalue weighted by Gasteiger charge is -2.20. The van der Waals surface area contributed by atoms with Crippen LogP contribution in [0.1, 0.15) is 6.92 Å². The standard InChI is InChI=1S/C13H16Cl2N2O3/c1-9(18)17(5-6-20-2)8-13(19)16-12-4-3-10(14)7-11(12)15/h3-4,7H,5-6,8H2,1-2H3,(H,16,19). The van der Waals surface area contributed by atoms with Crippen LogP contribution in [0.2, 0.25) is 10.0 Å². The highest BCUT2D eigenvalue weighted by Crippen LogP contribution is 2.25. The van der Waals surface area contributed by atoms with Gasteiger partial charge in [-0.15, -0.1) is 0 Å². The molecule has 20 heavy (non-hydrogen) atoms. The van der Waals surface area contributed by atoms with Crippen LogP contribution in [-0.2, 0) is 14.3 Å². The Morgan fingerprint density at radius 3 is 2.60 bits per heavy atom. The Labute approximate surface area is 127 Å². The third-order valence-corrected chi connectivity index (χ3v) is 3.10. The summed E-state index contributed by atoms with van der Waals surface area (Å²) in [6, 6.07) is 4.76. The minimum atomic E-state index is -0.333. The Morgan fingerprint density at radius 2 is 2.05 bits per heavy atom. The van der Waals surface area contributed by atoms with Gasteiger partial charge in [-0.1, -0.05) is 23.2 Å². The summed E-state index contributed by atoms with van der Waals surface area (Å²) in [5.74, 6) is -0.528. The van der Waals surface area contributed by atoms with Crippen molar-refractivity contribution >= 4 is 40.7 Å². The maximum absolute atomic E-state index is 11.9. The molecule has 1 aromatic rings. The van der Waals surface area contributed by atoms with Gasteiger partial charge in [0.2, 0.25) is 11.8 Å². The van der Waals surface area contributed by atoms with Crippen molar-refractivity contribution in [2.24, 2.45) is 0 Å². The Kier molecular flexibility index (Phi) is 6.78. The largest absolute Gasteiger partial charge is 0.383 e. The average Bonchev–Trinajstić information content (AvgIpc) is 2.37. The monoisotopic (exact) mass is 318 g/mol. The normalized spacial score (nSPS) is 10.2. The van der Waals surface area contributed by atoms with E-state index in [9.17, 15) is 9.59 Å². The average molecular weight is 319 g/mol. The number of carbonyl (C=O) groups is 2. The predicted molar refractivity (Wildman–Crippen MR) is 79.2 cm³/mol. The van der Waals surface area contributed by atoms with Crippen LogP contribution in [0.3, 0.4) is 0 Å². The van der Waals surface area contributed by atoms with Gasteiger partial charge in [-0.25, -0.2) is 0 Å². The van der Waals surface area contributed by atoms with Crippen molar-refractivity contribution in [3.8, 4) is 0 Å². The van der Waals surface area contributed by atoms with E-state index >= 15 is 0 Å². The zero-order valence-electron chi connectivity index (χ0n) is 11.3. The predicted octanol–water partition coefficient (Wildman–Crippen LogP) is 2.43. The van der Waals surface area contributed by atoms with Gasteiger partial charge in [0.15, 0.2) is 0 Å². The van der Waals surface area contributed by atoms with E-state index in [1.165, 1.54) is 25.0 Å². The maximum Gasteiger partial charge on any atom is 0.244 e. The molecule has 5 nitrogen and oxygen atoms in total. The van der Waals surface area contributed by atoms with Crippen molar-refractivity contribution in [1.82, 2.24) is 4.90 Å². The van der Waals surface area contributed by atoms with E-state index in [-0.39, 0.29) is 18.4 Å². The zero-order chi connectivity index (χ0) is 15.1. The molecule has 0 fully saturated rings. The molecule has 0 aliphatic heterocycles. The highest BCUT2D eigenvalue weighted by atomic mass is 35.5. The first-order valence-corrected chi connectivity index (χ1v) is 6.69. The smallest absolute Gasteiger partial charge is 0.244 e. The fourth-order valence-corrected chi connectivity index (χ4v) is 1.96. The van der Waals surface area contributed by atoms with Crippen molar-refractivity contribution in [3.05, 3.63) is 28.2 Å². The number of hydrogen-bond donors (Lipinski definition) is 1. The summed E-state index contributed by atoms with van der Waals surface area (Å²) >= 11 is 11.7. The highest BCUT2D eigenvalue weighted by molar-refractivity contribution is 6.36.